The van der Waals surface area contributed by atoms with Crippen LogP contribution in [0.1, 0.15) is 0 Å². The van der Waals surface area contributed by atoms with Gasteiger partial charge in [-0.15, -0.1) is 6.58 Å². The van der Waals surface area contributed by atoms with Crippen LogP contribution in [-0.4, -0.2) is 19.1 Å². The summed E-state index contributed by atoms with van der Waals surface area (Å²) in [5.41, 5.74) is 0. The number of ether oxygens (including phenoxy) is 1. The standard InChI is InChI=1S/C9H13NO2/c1-3-6-10-7-5-8-12-9(11)4-2/h3-5,7,10H,1-2,6,8H2. The van der Waals surface area contributed by atoms with Crippen LogP contribution in [0, 0.1) is 0 Å². The van der Waals surface area contributed by atoms with Crippen LogP contribution < -0.4 is 5.32 Å². The number of hydrogen-bond donors (Lipinski definition) is 1. The van der Waals surface area contributed by atoms with Crippen LogP contribution >= 0.6 is 0 Å². The van der Waals surface area contributed by atoms with Gasteiger partial charge in [0, 0.05) is 12.6 Å². The van der Waals surface area contributed by atoms with Crippen molar-refractivity contribution < 1.29 is 9.53 Å². The molecule has 66 valence electrons. The average Bonchev–Trinajstić information content (AvgIpc) is 2.10. The maximum atomic E-state index is 10.5. The van der Waals surface area contributed by atoms with Crippen molar-refractivity contribution in [2.45, 2.75) is 0 Å². The van der Waals surface area contributed by atoms with Gasteiger partial charge >= 0.3 is 5.97 Å². The molecule has 0 bridgehead atoms. The van der Waals surface area contributed by atoms with Gasteiger partial charge in [0.2, 0.25) is 0 Å². The van der Waals surface area contributed by atoms with Crippen LogP contribution in [-0.2, 0) is 9.53 Å². The summed E-state index contributed by atoms with van der Waals surface area (Å²) in [6, 6.07) is 0. The van der Waals surface area contributed by atoms with Crippen molar-refractivity contribution in [1.29, 1.82) is 0 Å². The Morgan fingerprint density at radius 3 is 2.83 bits per heavy atom. The minimum Gasteiger partial charge on any atom is -0.458 e. The lowest BCUT2D eigenvalue weighted by Gasteiger charge is -1.95. The molecule has 3 heteroatoms. The van der Waals surface area contributed by atoms with Gasteiger partial charge in [-0.1, -0.05) is 12.7 Å². The number of carbonyl (C=O) groups excluding carboxylic acids is 1. The fourth-order valence-electron chi connectivity index (χ4n) is 0.472. The first kappa shape index (κ1) is 10.5. The van der Waals surface area contributed by atoms with Crippen LogP contribution in [0.15, 0.2) is 37.6 Å². The molecular formula is C9H13NO2. The molecule has 0 radical (unpaired) electrons. The van der Waals surface area contributed by atoms with E-state index < -0.39 is 5.97 Å². The van der Waals surface area contributed by atoms with Crippen molar-refractivity contribution in [2.75, 3.05) is 13.2 Å². The number of rotatable bonds is 6. The average molecular weight is 167 g/mol. The van der Waals surface area contributed by atoms with Gasteiger partial charge in [0.25, 0.3) is 0 Å². The normalized spacial score (nSPS) is 9.33. The fourth-order valence-corrected chi connectivity index (χ4v) is 0.472. The SMILES string of the molecule is C=CCNC=CCOC(=O)C=C. The van der Waals surface area contributed by atoms with Crippen molar-refractivity contribution >= 4 is 5.97 Å². The molecule has 0 aliphatic heterocycles. The summed E-state index contributed by atoms with van der Waals surface area (Å²) in [4.78, 5) is 10.5. The fraction of sp³-hybridized carbons (Fsp3) is 0.222. The molecule has 0 heterocycles. The van der Waals surface area contributed by atoms with E-state index in [4.69, 9.17) is 0 Å². The van der Waals surface area contributed by atoms with Gasteiger partial charge in [0.1, 0.15) is 6.61 Å². The zero-order valence-corrected chi connectivity index (χ0v) is 6.95. The summed E-state index contributed by atoms with van der Waals surface area (Å²) in [7, 11) is 0. The van der Waals surface area contributed by atoms with Gasteiger partial charge < -0.3 is 10.1 Å². The minimum absolute atomic E-state index is 0.259. The predicted molar refractivity (Wildman–Crippen MR) is 48.5 cm³/mol. The highest BCUT2D eigenvalue weighted by molar-refractivity contribution is 5.81. The smallest absolute Gasteiger partial charge is 0.330 e. The van der Waals surface area contributed by atoms with Crippen molar-refractivity contribution in [1.82, 2.24) is 5.32 Å². The summed E-state index contributed by atoms with van der Waals surface area (Å²) in [6.45, 7) is 7.75. The lowest BCUT2D eigenvalue weighted by molar-refractivity contribution is -0.136. The van der Waals surface area contributed by atoms with E-state index >= 15 is 0 Å². The Morgan fingerprint density at radius 1 is 1.50 bits per heavy atom. The van der Waals surface area contributed by atoms with Crippen molar-refractivity contribution in [3.05, 3.63) is 37.6 Å². The van der Waals surface area contributed by atoms with Gasteiger partial charge in [-0.3, -0.25) is 0 Å². The van der Waals surface area contributed by atoms with Gasteiger partial charge in [-0.05, 0) is 12.3 Å². The lowest BCUT2D eigenvalue weighted by Crippen LogP contribution is -2.05. The molecule has 0 aliphatic rings. The number of nitrogens with one attached hydrogen (secondary N) is 1. The molecule has 0 fully saturated rings. The molecule has 0 saturated carbocycles. The highest BCUT2D eigenvalue weighted by atomic mass is 16.5. The maximum absolute atomic E-state index is 10.5. The van der Waals surface area contributed by atoms with Crippen molar-refractivity contribution in [3.8, 4) is 0 Å². The first-order chi connectivity index (χ1) is 5.81. The molecule has 1 N–H and O–H groups in total. The first-order valence-electron chi connectivity index (χ1n) is 3.59. The summed E-state index contributed by atoms with van der Waals surface area (Å²) >= 11 is 0. The second kappa shape index (κ2) is 7.60. The molecule has 3 nitrogen and oxygen atoms in total. The number of esters is 1. The number of carbonyl (C=O) groups is 1. The molecular weight excluding hydrogens is 154 g/mol. The van der Waals surface area contributed by atoms with E-state index in [1.165, 1.54) is 0 Å². The largest absolute Gasteiger partial charge is 0.458 e. The lowest BCUT2D eigenvalue weighted by atomic mass is 10.6. The second-order valence-corrected chi connectivity index (χ2v) is 1.93. The van der Waals surface area contributed by atoms with E-state index in [1.54, 1.807) is 18.4 Å². The third kappa shape index (κ3) is 6.61. The molecule has 0 saturated heterocycles. The van der Waals surface area contributed by atoms with Crippen LogP contribution in [0.25, 0.3) is 0 Å². The molecule has 0 unspecified atom stereocenters. The van der Waals surface area contributed by atoms with E-state index in [0.29, 0.717) is 6.54 Å². The summed E-state index contributed by atoms with van der Waals surface area (Å²) < 4.78 is 4.66. The summed E-state index contributed by atoms with van der Waals surface area (Å²) in [5, 5.41) is 2.91. The van der Waals surface area contributed by atoms with Gasteiger partial charge in [-0.2, -0.15) is 0 Å². The molecule has 0 rings (SSSR count). The van der Waals surface area contributed by atoms with E-state index in [2.05, 4.69) is 23.2 Å². The highest BCUT2D eigenvalue weighted by Crippen LogP contribution is 1.79. The predicted octanol–water partition coefficient (Wildman–Crippen LogP) is 1.00. The summed E-state index contributed by atoms with van der Waals surface area (Å²) in [5.74, 6) is -0.414. The third-order valence-electron chi connectivity index (χ3n) is 0.986. The van der Waals surface area contributed by atoms with Crippen LogP contribution in [0.5, 0.6) is 0 Å². The molecule has 0 aliphatic carbocycles. The Morgan fingerprint density at radius 2 is 2.25 bits per heavy atom. The Kier molecular flexibility index (Phi) is 6.64. The molecule has 0 atom stereocenters. The van der Waals surface area contributed by atoms with E-state index in [9.17, 15) is 4.79 Å². The topological polar surface area (TPSA) is 38.3 Å². The monoisotopic (exact) mass is 167 g/mol. The molecule has 0 aromatic carbocycles. The minimum atomic E-state index is -0.414. The molecule has 0 spiro atoms. The molecule has 0 amide bonds. The molecule has 0 aromatic heterocycles. The Labute approximate surface area is 72.4 Å². The van der Waals surface area contributed by atoms with E-state index in [-0.39, 0.29) is 6.61 Å². The number of hydrogen-bond acceptors (Lipinski definition) is 3. The van der Waals surface area contributed by atoms with Crippen molar-refractivity contribution in [2.24, 2.45) is 0 Å². The zero-order valence-electron chi connectivity index (χ0n) is 6.95. The molecule has 12 heavy (non-hydrogen) atoms. The quantitative estimate of drug-likeness (QED) is 0.277. The van der Waals surface area contributed by atoms with Gasteiger partial charge in [0.05, 0.1) is 0 Å². The van der Waals surface area contributed by atoms with E-state index in [0.717, 1.165) is 6.08 Å². The summed E-state index contributed by atoms with van der Waals surface area (Å²) in [6.07, 6.45) is 6.27. The highest BCUT2D eigenvalue weighted by Gasteiger charge is 1.89. The van der Waals surface area contributed by atoms with Crippen LogP contribution in [0.2, 0.25) is 0 Å². The first-order valence-corrected chi connectivity index (χ1v) is 3.59. The Hall–Kier alpha value is -1.51. The molecule has 0 aromatic rings. The van der Waals surface area contributed by atoms with Gasteiger partial charge in [0.15, 0.2) is 0 Å². The van der Waals surface area contributed by atoms with Gasteiger partial charge in [-0.25, -0.2) is 4.79 Å². The third-order valence-corrected chi connectivity index (χ3v) is 0.986. The van der Waals surface area contributed by atoms with Crippen molar-refractivity contribution in [3.63, 3.8) is 0 Å². The van der Waals surface area contributed by atoms with E-state index in [1.807, 2.05) is 0 Å². The maximum Gasteiger partial charge on any atom is 0.330 e. The van der Waals surface area contributed by atoms with Crippen LogP contribution in [0.3, 0.4) is 0 Å². The van der Waals surface area contributed by atoms with Crippen LogP contribution in [0.4, 0.5) is 0 Å². The zero-order chi connectivity index (χ0) is 9.23. The Balaban J connectivity index is 3.29. The second-order valence-electron chi connectivity index (χ2n) is 1.93. The Bertz CT molecular complexity index is 185.